The number of benzene rings is 2. The maximum absolute atomic E-state index is 13.3. The van der Waals surface area contributed by atoms with Crippen molar-refractivity contribution in [3.8, 4) is 0 Å². The molecule has 0 radical (unpaired) electrons. The number of esters is 1. The highest BCUT2D eigenvalue weighted by Crippen LogP contribution is 2.34. The third-order valence-corrected chi connectivity index (χ3v) is 16.5. The molecule has 1 N–H and O–H groups in total. The number of carboxylic acids is 1. The van der Waals surface area contributed by atoms with Gasteiger partial charge in [-0.1, -0.05) is 41.5 Å². The number of carboxylic acid groups (broad SMARTS) is 1. The van der Waals surface area contributed by atoms with Gasteiger partial charge in [-0.05, 0) is 86.8 Å². The van der Waals surface area contributed by atoms with Crippen molar-refractivity contribution in [3.63, 3.8) is 0 Å². The maximum Gasteiger partial charge on any atom is 0.310 e. The molecule has 0 bridgehead atoms. The van der Waals surface area contributed by atoms with Crippen LogP contribution in [-0.4, -0.2) is 121 Å². The van der Waals surface area contributed by atoms with Crippen molar-refractivity contribution in [2.24, 2.45) is 23.7 Å². The van der Waals surface area contributed by atoms with Gasteiger partial charge in [0.15, 0.2) is 0 Å². The molecule has 2 unspecified atom stereocenters. The number of ether oxygens (including phenoxy) is 3. The van der Waals surface area contributed by atoms with Crippen LogP contribution in [-0.2, 0) is 67.8 Å². The molecule has 346 valence electrons. The number of rotatable bonds is 10. The quantitative estimate of drug-likeness (QED) is 0.189. The molecular weight excluding hydrogens is 849 g/mol. The van der Waals surface area contributed by atoms with Gasteiger partial charge in [0, 0.05) is 76.5 Å². The number of imidazole rings is 2. The first-order valence-corrected chi connectivity index (χ1v) is 25.0. The van der Waals surface area contributed by atoms with Gasteiger partial charge in [-0.2, -0.15) is 8.61 Å². The molecule has 2 aromatic heterocycles. The van der Waals surface area contributed by atoms with E-state index < -0.39 is 37.9 Å². The minimum Gasteiger partial charge on any atom is -0.481 e. The second kappa shape index (κ2) is 18.5. The summed E-state index contributed by atoms with van der Waals surface area (Å²) in [4.78, 5) is 33.2. The molecule has 2 atom stereocenters. The van der Waals surface area contributed by atoms with Crippen LogP contribution in [0.2, 0.25) is 0 Å². The van der Waals surface area contributed by atoms with Crippen LogP contribution in [0.4, 0.5) is 0 Å². The predicted octanol–water partition coefficient (Wildman–Crippen LogP) is 5.80. The Balaban J connectivity index is 0.000000189. The summed E-state index contributed by atoms with van der Waals surface area (Å²) in [5, 5.41) is 9.21. The number of fused-ring (bicyclic) bond motifs is 2. The van der Waals surface area contributed by atoms with Gasteiger partial charge in [-0.25, -0.2) is 26.8 Å². The number of methoxy groups -OCH3 is 1. The molecular formula is C45H64N6O10S2. The lowest BCUT2D eigenvalue weighted by atomic mass is 9.94. The van der Waals surface area contributed by atoms with Crippen LogP contribution in [0.25, 0.3) is 22.1 Å². The monoisotopic (exact) mass is 912 g/mol. The van der Waals surface area contributed by atoms with E-state index in [1.807, 2.05) is 12.1 Å². The van der Waals surface area contributed by atoms with Gasteiger partial charge in [0.2, 0.25) is 20.0 Å². The zero-order valence-electron chi connectivity index (χ0n) is 37.7. The first-order valence-electron chi connectivity index (χ1n) is 22.2. The third-order valence-electron chi connectivity index (χ3n) is 12.8. The molecule has 8 rings (SSSR count). The molecule has 0 saturated carbocycles. The van der Waals surface area contributed by atoms with Crippen LogP contribution in [0, 0.1) is 23.7 Å². The highest BCUT2D eigenvalue weighted by molar-refractivity contribution is 7.89. The van der Waals surface area contributed by atoms with E-state index >= 15 is 0 Å². The number of aliphatic carboxylic acids is 1. The Morgan fingerprint density at radius 1 is 0.667 bits per heavy atom. The Labute approximate surface area is 371 Å². The first-order chi connectivity index (χ1) is 29.7. The van der Waals surface area contributed by atoms with Gasteiger partial charge in [0.25, 0.3) is 0 Å². The maximum atomic E-state index is 13.3. The SMILES string of the molecule is CC(C)(C)c1nc2cc(S(=O)(=O)N3CCC(C(=O)O)C3)ccc2n1CC1CCOCC1.COC(=O)C1CCN(S(=O)(=O)c2ccc3c(c2)nc(C(C)(C)C)n3CC2CCOCC2)C1. The number of carbonyl (C=O) groups excluding carboxylic acids is 1. The highest BCUT2D eigenvalue weighted by Gasteiger charge is 2.38. The average Bonchev–Trinajstić information content (AvgIpc) is 4.07. The van der Waals surface area contributed by atoms with E-state index in [0.29, 0.717) is 42.3 Å². The van der Waals surface area contributed by atoms with Crippen molar-refractivity contribution >= 4 is 54.1 Å². The lowest BCUT2D eigenvalue weighted by Crippen LogP contribution is -2.30. The second-order valence-corrected chi connectivity index (χ2v) is 23.4. The fourth-order valence-electron chi connectivity index (χ4n) is 9.18. The molecule has 0 aliphatic carbocycles. The molecule has 4 aliphatic heterocycles. The number of carbonyl (C=O) groups is 2. The Kier molecular flexibility index (Phi) is 13.8. The summed E-state index contributed by atoms with van der Waals surface area (Å²) in [5.74, 6) is 0.555. The van der Waals surface area contributed by atoms with Crippen molar-refractivity contribution in [1.82, 2.24) is 27.7 Å². The van der Waals surface area contributed by atoms with Gasteiger partial charge >= 0.3 is 11.9 Å². The van der Waals surface area contributed by atoms with Gasteiger partial charge in [0.1, 0.15) is 11.6 Å². The Morgan fingerprint density at radius 2 is 1.06 bits per heavy atom. The third kappa shape index (κ3) is 10.2. The summed E-state index contributed by atoms with van der Waals surface area (Å²) in [5.41, 5.74) is 2.87. The average molecular weight is 913 g/mol. The summed E-state index contributed by atoms with van der Waals surface area (Å²) < 4.78 is 75.7. The minimum atomic E-state index is -3.76. The van der Waals surface area contributed by atoms with Crippen LogP contribution in [0.1, 0.15) is 91.7 Å². The van der Waals surface area contributed by atoms with Crippen LogP contribution < -0.4 is 0 Å². The zero-order chi connectivity index (χ0) is 45.5. The molecule has 0 spiro atoms. The second-order valence-electron chi connectivity index (χ2n) is 19.6. The van der Waals surface area contributed by atoms with Crippen LogP contribution >= 0.6 is 0 Å². The summed E-state index contributed by atoms with van der Waals surface area (Å²) >= 11 is 0. The lowest BCUT2D eigenvalue weighted by Gasteiger charge is -2.26. The van der Waals surface area contributed by atoms with Crippen LogP contribution in [0.3, 0.4) is 0 Å². The molecule has 4 aliphatic rings. The van der Waals surface area contributed by atoms with Crippen molar-refractivity contribution in [2.45, 2.75) is 114 Å². The largest absolute Gasteiger partial charge is 0.481 e. The van der Waals surface area contributed by atoms with Crippen molar-refractivity contribution < 1.29 is 45.7 Å². The topological polar surface area (TPSA) is 192 Å². The molecule has 18 heteroatoms. The van der Waals surface area contributed by atoms with Crippen molar-refractivity contribution in [2.75, 3.05) is 59.7 Å². The van der Waals surface area contributed by atoms with E-state index in [-0.39, 0.29) is 46.2 Å². The predicted molar refractivity (Wildman–Crippen MR) is 237 cm³/mol. The zero-order valence-corrected chi connectivity index (χ0v) is 39.3. The lowest BCUT2D eigenvalue weighted by molar-refractivity contribution is -0.145. The molecule has 4 fully saturated rings. The fraction of sp³-hybridized carbons (Fsp3) is 0.644. The minimum absolute atomic E-state index is 0.0150. The Morgan fingerprint density at radius 3 is 1.43 bits per heavy atom. The van der Waals surface area contributed by atoms with Gasteiger partial charge in [-0.3, -0.25) is 9.59 Å². The van der Waals surface area contributed by atoms with Crippen molar-refractivity contribution in [1.29, 1.82) is 0 Å². The number of sulfonamides is 2. The van der Waals surface area contributed by atoms with E-state index in [0.717, 1.165) is 87.9 Å². The van der Waals surface area contributed by atoms with E-state index in [1.165, 1.54) is 15.7 Å². The normalized spacial score (nSPS) is 21.5. The van der Waals surface area contributed by atoms with E-state index in [2.05, 4.69) is 50.7 Å². The number of aromatic nitrogens is 4. The summed E-state index contributed by atoms with van der Waals surface area (Å²) in [6.07, 6.45) is 4.87. The van der Waals surface area contributed by atoms with Crippen molar-refractivity contribution in [3.05, 3.63) is 48.0 Å². The Bertz CT molecular complexity index is 2530. The van der Waals surface area contributed by atoms with Crippen LogP contribution in [0.15, 0.2) is 46.2 Å². The molecule has 2 aromatic carbocycles. The molecule has 0 amide bonds. The van der Waals surface area contributed by atoms with Gasteiger partial charge in [-0.15, -0.1) is 0 Å². The molecule has 16 nitrogen and oxygen atoms in total. The molecule has 6 heterocycles. The summed E-state index contributed by atoms with van der Waals surface area (Å²) in [6.45, 7) is 18.2. The number of hydrogen-bond donors (Lipinski definition) is 1. The standard InChI is InChI=1S/C23H33N3O5S.C22H31N3O5S/c1-23(2,3)22-24-19-13-18(32(28,29)25-10-7-17(15-25)21(27)30-4)5-6-20(19)26(22)14-16-8-11-31-12-9-16;1-22(2,3)21-23-18-12-17(31(28,29)24-9-6-16(14-24)20(26)27)4-5-19(18)25(21)13-15-7-10-30-11-8-15/h5-6,13,16-17H,7-12,14-15H2,1-4H3;4-5,12,15-16H,6-11,13-14H2,1-3H3,(H,26,27). The molecule has 4 saturated heterocycles. The number of hydrogen-bond acceptors (Lipinski definition) is 11. The Hall–Kier alpha value is -3.94. The summed E-state index contributed by atoms with van der Waals surface area (Å²) in [6, 6.07) is 10.3. The first kappa shape index (κ1) is 47.0. The highest BCUT2D eigenvalue weighted by atomic mass is 32.2. The number of nitrogens with zero attached hydrogens (tertiary/aromatic N) is 6. The smallest absolute Gasteiger partial charge is 0.310 e. The van der Waals surface area contributed by atoms with E-state index in [1.54, 1.807) is 24.3 Å². The van der Waals surface area contributed by atoms with Gasteiger partial charge in [0.05, 0.1) is 50.8 Å². The van der Waals surface area contributed by atoms with Gasteiger partial charge < -0.3 is 28.5 Å². The van der Waals surface area contributed by atoms with E-state index in [4.69, 9.17) is 24.2 Å². The van der Waals surface area contributed by atoms with Crippen LogP contribution in [0.5, 0.6) is 0 Å². The molecule has 4 aromatic rings. The molecule has 63 heavy (non-hydrogen) atoms. The van der Waals surface area contributed by atoms with E-state index in [9.17, 15) is 31.5 Å². The summed E-state index contributed by atoms with van der Waals surface area (Å²) in [7, 11) is -6.14. The fourth-order valence-corrected chi connectivity index (χ4v) is 12.2.